The topological polar surface area (TPSA) is 3.24 Å². The van der Waals surface area contributed by atoms with Gasteiger partial charge in [0.25, 0.3) is 0 Å². The first-order chi connectivity index (χ1) is 29.7. The van der Waals surface area contributed by atoms with Crippen molar-refractivity contribution < 1.29 is 0 Å². The second-order valence-electron chi connectivity index (χ2n) is 15.3. The fourth-order valence-corrected chi connectivity index (χ4v) is 9.76. The minimum Gasteiger partial charge on any atom is -0.311 e. The summed E-state index contributed by atoms with van der Waals surface area (Å²) in [4.78, 5) is 2.36. The highest BCUT2D eigenvalue weighted by atomic mass is 32.1. The summed E-state index contributed by atoms with van der Waals surface area (Å²) in [5.74, 6) is 0. The first-order valence-electron chi connectivity index (χ1n) is 20.5. The van der Waals surface area contributed by atoms with E-state index < -0.39 is 0 Å². The molecule has 0 fully saturated rings. The molecular formula is C58H39NS. The standard InChI is InChI=1S/C58H39NS/c1-2-11-40(12-3-1)45-15-8-16-46(37-45)41-23-30-50(31-24-41)59(52-34-27-43(28-35-52)48-29-36-56-55-20-6-7-22-57(55)60-58(56)39-48)51-32-25-42(26-33-51)47-17-9-18-49(38-47)54-21-10-14-44-13-4-5-19-53(44)54/h1-39H. The Bertz CT molecular complexity index is 3280. The zero-order valence-corrected chi connectivity index (χ0v) is 33.7. The van der Waals surface area contributed by atoms with Gasteiger partial charge < -0.3 is 4.90 Å². The summed E-state index contributed by atoms with van der Waals surface area (Å²) in [5, 5.41) is 5.17. The van der Waals surface area contributed by atoms with Crippen molar-refractivity contribution in [2.45, 2.75) is 0 Å². The van der Waals surface area contributed by atoms with Gasteiger partial charge in [0, 0.05) is 37.2 Å². The van der Waals surface area contributed by atoms with Gasteiger partial charge >= 0.3 is 0 Å². The number of hydrogen-bond acceptors (Lipinski definition) is 2. The zero-order chi connectivity index (χ0) is 39.8. The fourth-order valence-electron chi connectivity index (χ4n) is 8.61. The number of nitrogens with zero attached hydrogens (tertiary/aromatic N) is 1. The Kier molecular flexibility index (Phi) is 9.11. The van der Waals surface area contributed by atoms with Gasteiger partial charge in [-0.25, -0.2) is 0 Å². The number of anilines is 3. The van der Waals surface area contributed by atoms with Crippen molar-refractivity contribution in [3.8, 4) is 55.6 Å². The van der Waals surface area contributed by atoms with Crippen LogP contribution in [0.25, 0.3) is 86.6 Å². The van der Waals surface area contributed by atoms with E-state index in [2.05, 4.69) is 241 Å². The molecule has 0 amide bonds. The first-order valence-corrected chi connectivity index (χ1v) is 21.3. The molecule has 0 saturated heterocycles. The van der Waals surface area contributed by atoms with Crippen LogP contribution in [0.15, 0.2) is 237 Å². The Hall–Kier alpha value is -7.52. The lowest BCUT2D eigenvalue weighted by Gasteiger charge is -2.26. The van der Waals surface area contributed by atoms with Gasteiger partial charge in [-0.05, 0) is 127 Å². The highest BCUT2D eigenvalue weighted by Crippen LogP contribution is 2.40. The predicted octanol–water partition coefficient (Wildman–Crippen LogP) is 17.0. The normalized spacial score (nSPS) is 11.3. The van der Waals surface area contributed by atoms with E-state index in [1.807, 2.05) is 11.3 Å². The van der Waals surface area contributed by atoms with Crippen LogP contribution in [-0.4, -0.2) is 0 Å². The maximum absolute atomic E-state index is 2.36. The fraction of sp³-hybridized carbons (Fsp3) is 0. The van der Waals surface area contributed by atoms with Crippen molar-refractivity contribution in [3.05, 3.63) is 237 Å². The van der Waals surface area contributed by atoms with Crippen LogP contribution in [0.3, 0.4) is 0 Å². The highest BCUT2D eigenvalue weighted by Gasteiger charge is 2.15. The average molecular weight is 782 g/mol. The molecule has 1 nitrogen and oxygen atoms in total. The molecule has 0 unspecified atom stereocenters. The highest BCUT2D eigenvalue weighted by molar-refractivity contribution is 7.25. The van der Waals surface area contributed by atoms with E-state index in [1.165, 1.54) is 86.6 Å². The first kappa shape index (κ1) is 35.6. The maximum atomic E-state index is 2.36. The lowest BCUT2D eigenvalue weighted by atomic mass is 9.95. The van der Waals surface area contributed by atoms with Gasteiger partial charge in [0.2, 0.25) is 0 Å². The molecule has 10 aromatic carbocycles. The molecule has 1 aromatic heterocycles. The summed E-state index contributed by atoms with van der Waals surface area (Å²) in [5.41, 5.74) is 15.4. The molecule has 0 N–H and O–H groups in total. The van der Waals surface area contributed by atoms with Crippen molar-refractivity contribution in [1.82, 2.24) is 0 Å². The Morgan fingerprint density at radius 2 is 0.667 bits per heavy atom. The second-order valence-corrected chi connectivity index (χ2v) is 16.4. The van der Waals surface area contributed by atoms with Crippen LogP contribution in [0.5, 0.6) is 0 Å². The Morgan fingerprint density at radius 3 is 1.30 bits per heavy atom. The lowest BCUT2D eigenvalue weighted by molar-refractivity contribution is 1.28. The largest absolute Gasteiger partial charge is 0.311 e. The molecule has 0 spiro atoms. The third-order valence-electron chi connectivity index (χ3n) is 11.7. The van der Waals surface area contributed by atoms with Crippen LogP contribution in [-0.2, 0) is 0 Å². The maximum Gasteiger partial charge on any atom is 0.0462 e. The molecule has 0 saturated carbocycles. The molecule has 11 rings (SSSR count). The zero-order valence-electron chi connectivity index (χ0n) is 32.9. The van der Waals surface area contributed by atoms with Crippen molar-refractivity contribution >= 4 is 59.3 Å². The van der Waals surface area contributed by atoms with Crippen LogP contribution >= 0.6 is 11.3 Å². The Morgan fingerprint density at radius 1 is 0.250 bits per heavy atom. The van der Waals surface area contributed by atoms with Crippen LogP contribution in [0.1, 0.15) is 0 Å². The number of hydrogen-bond donors (Lipinski definition) is 0. The van der Waals surface area contributed by atoms with Crippen LogP contribution in [0, 0.1) is 0 Å². The Labute approximate surface area is 354 Å². The van der Waals surface area contributed by atoms with Gasteiger partial charge in [-0.1, -0.05) is 176 Å². The molecule has 282 valence electrons. The average Bonchev–Trinajstić information content (AvgIpc) is 3.71. The van der Waals surface area contributed by atoms with E-state index in [0.717, 1.165) is 17.1 Å². The van der Waals surface area contributed by atoms with Gasteiger partial charge in [0.15, 0.2) is 0 Å². The van der Waals surface area contributed by atoms with Crippen molar-refractivity contribution in [2.24, 2.45) is 0 Å². The van der Waals surface area contributed by atoms with Crippen molar-refractivity contribution in [3.63, 3.8) is 0 Å². The van der Waals surface area contributed by atoms with Crippen LogP contribution < -0.4 is 4.90 Å². The summed E-state index contributed by atoms with van der Waals surface area (Å²) in [6, 6.07) is 86.1. The minimum absolute atomic E-state index is 1.10. The summed E-state index contributed by atoms with van der Waals surface area (Å²) in [6.45, 7) is 0. The summed E-state index contributed by atoms with van der Waals surface area (Å²) in [6.07, 6.45) is 0. The second kappa shape index (κ2) is 15.3. The monoisotopic (exact) mass is 781 g/mol. The lowest BCUT2D eigenvalue weighted by Crippen LogP contribution is -2.09. The summed E-state index contributed by atoms with van der Waals surface area (Å²) in [7, 11) is 0. The SMILES string of the molecule is c1ccc(-c2cccc(-c3ccc(N(c4ccc(-c5cccc(-c6cccc7ccccc67)c5)cc4)c4ccc(-c5ccc6c(c5)sc5ccccc56)cc4)cc3)c2)cc1. The van der Waals surface area contributed by atoms with Gasteiger partial charge in [0.1, 0.15) is 0 Å². The van der Waals surface area contributed by atoms with Crippen molar-refractivity contribution in [1.29, 1.82) is 0 Å². The van der Waals surface area contributed by atoms with Gasteiger partial charge in [-0.3, -0.25) is 0 Å². The van der Waals surface area contributed by atoms with Crippen LogP contribution in [0.2, 0.25) is 0 Å². The van der Waals surface area contributed by atoms with Crippen molar-refractivity contribution in [2.75, 3.05) is 4.90 Å². The molecule has 2 heteroatoms. The quantitative estimate of drug-likeness (QED) is 0.148. The van der Waals surface area contributed by atoms with Gasteiger partial charge in [-0.15, -0.1) is 11.3 Å². The van der Waals surface area contributed by atoms with Crippen LogP contribution in [0.4, 0.5) is 17.1 Å². The van der Waals surface area contributed by atoms with E-state index in [0.29, 0.717) is 0 Å². The predicted molar refractivity (Wildman–Crippen MR) is 259 cm³/mol. The van der Waals surface area contributed by atoms with E-state index >= 15 is 0 Å². The number of rotatable bonds is 8. The smallest absolute Gasteiger partial charge is 0.0462 e. The van der Waals surface area contributed by atoms with E-state index in [9.17, 15) is 0 Å². The summed E-state index contributed by atoms with van der Waals surface area (Å²) >= 11 is 1.86. The molecule has 0 aliphatic rings. The number of benzene rings is 10. The molecule has 1 heterocycles. The molecule has 0 radical (unpaired) electrons. The summed E-state index contributed by atoms with van der Waals surface area (Å²) < 4.78 is 2.64. The third kappa shape index (κ3) is 6.73. The molecule has 11 aromatic rings. The number of fused-ring (bicyclic) bond motifs is 4. The number of thiophene rings is 1. The Balaban J connectivity index is 0.947. The van der Waals surface area contributed by atoms with Gasteiger partial charge in [-0.2, -0.15) is 0 Å². The van der Waals surface area contributed by atoms with E-state index in [1.54, 1.807) is 0 Å². The third-order valence-corrected chi connectivity index (χ3v) is 12.8. The molecular weight excluding hydrogens is 743 g/mol. The molecule has 0 atom stereocenters. The minimum atomic E-state index is 1.10. The molecule has 60 heavy (non-hydrogen) atoms. The molecule has 0 bridgehead atoms. The molecule has 0 aliphatic carbocycles. The van der Waals surface area contributed by atoms with E-state index in [4.69, 9.17) is 0 Å². The van der Waals surface area contributed by atoms with E-state index in [-0.39, 0.29) is 0 Å². The van der Waals surface area contributed by atoms with Gasteiger partial charge in [0.05, 0.1) is 0 Å². The molecule has 0 aliphatic heterocycles.